The molecule has 1 aromatic heterocycles. The molecule has 0 saturated heterocycles. The first-order chi connectivity index (χ1) is 10.0. The molecule has 8 heteroatoms. The zero-order valence-corrected chi connectivity index (χ0v) is 12.5. The van der Waals surface area contributed by atoms with E-state index in [1.165, 1.54) is 25.3 Å². The molecule has 21 heavy (non-hydrogen) atoms. The fourth-order valence-corrected chi connectivity index (χ4v) is 3.80. The summed E-state index contributed by atoms with van der Waals surface area (Å²) < 4.78 is 32.0. The lowest BCUT2D eigenvalue weighted by Crippen LogP contribution is -2.13. The van der Waals surface area contributed by atoms with E-state index in [0.29, 0.717) is 0 Å². The highest BCUT2D eigenvalue weighted by atomic mass is 32.2. The van der Waals surface area contributed by atoms with Crippen LogP contribution in [0.3, 0.4) is 0 Å². The van der Waals surface area contributed by atoms with Crippen molar-refractivity contribution in [1.29, 1.82) is 10.5 Å². The lowest BCUT2D eigenvalue weighted by atomic mass is 10.2. The number of hydrogen-bond donors (Lipinski definition) is 1. The van der Waals surface area contributed by atoms with Gasteiger partial charge in [0, 0.05) is 0 Å². The monoisotopic (exact) mass is 319 g/mol. The maximum Gasteiger partial charge on any atom is 0.271 e. The maximum absolute atomic E-state index is 12.3. The van der Waals surface area contributed by atoms with Crippen molar-refractivity contribution in [3.63, 3.8) is 0 Å². The summed E-state index contributed by atoms with van der Waals surface area (Å²) in [5, 5.41) is 17.8. The summed E-state index contributed by atoms with van der Waals surface area (Å²) in [7, 11) is -2.50. The molecule has 0 aliphatic rings. The number of benzene rings is 1. The van der Waals surface area contributed by atoms with Crippen molar-refractivity contribution in [2.24, 2.45) is 0 Å². The Morgan fingerprint density at radius 3 is 2.52 bits per heavy atom. The van der Waals surface area contributed by atoms with Gasteiger partial charge in [-0.15, -0.1) is 11.3 Å². The summed E-state index contributed by atoms with van der Waals surface area (Å²) in [6, 6.07) is 11.2. The Morgan fingerprint density at radius 2 is 1.95 bits per heavy atom. The number of anilines is 1. The molecule has 0 atom stereocenters. The van der Waals surface area contributed by atoms with E-state index in [9.17, 15) is 8.42 Å². The third-order valence-electron chi connectivity index (χ3n) is 2.56. The number of thiophene rings is 1. The van der Waals surface area contributed by atoms with Gasteiger partial charge in [0.1, 0.15) is 32.7 Å². The van der Waals surface area contributed by atoms with Gasteiger partial charge < -0.3 is 4.74 Å². The molecular weight excluding hydrogens is 310 g/mol. The first kappa shape index (κ1) is 14.9. The van der Waals surface area contributed by atoms with Gasteiger partial charge in [0.15, 0.2) is 0 Å². The van der Waals surface area contributed by atoms with E-state index in [0.717, 1.165) is 11.3 Å². The highest BCUT2D eigenvalue weighted by Crippen LogP contribution is 2.31. The molecule has 0 bridgehead atoms. The standard InChI is InChI=1S/C13H9N3O3S2/c1-19-11-4-2-3-9(7-14)13(11)16-21(17,18)12-6-5-10(8-15)20-12/h2-6,16H,1H3. The summed E-state index contributed by atoms with van der Waals surface area (Å²) in [6.07, 6.45) is 0. The summed E-state index contributed by atoms with van der Waals surface area (Å²) in [5.41, 5.74) is 0.226. The Bertz CT molecular complexity index is 858. The molecule has 0 unspecified atom stereocenters. The fraction of sp³-hybridized carbons (Fsp3) is 0.0769. The van der Waals surface area contributed by atoms with Crippen LogP contribution in [-0.4, -0.2) is 15.5 Å². The van der Waals surface area contributed by atoms with Crippen LogP contribution >= 0.6 is 11.3 Å². The van der Waals surface area contributed by atoms with Gasteiger partial charge in [0.25, 0.3) is 10.0 Å². The maximum atomic E-state index is 12.3. The molecule has 0 fully saturated rings. The average molecular weight is 319 g/mol. The van der Waals surface area contributed by atoms with Gasteiger partial charge in [0.2, 0.25) is 0 Å². The van der Waals surface area contributed by atoms with Gasteiger partial charge in [-0.05, 0) is 24.3 Å². The van der Waals surface area contributed by atoms with Crippen LogP contribution in [0.1, 0.15) is 10.4 Å². The molecule has 0 spiro atoms. The molecule has 106 valence electrons. The van der Waals surface area contributed by atoms with Crippen molar-refractivity contribution >= 4 is 27.0 Å². The lowest BCUT2D eigenvalue weighted by molar-refractivity contribution is 0.417. The highest BCUT2D eigenvalue weighted by molar-refractivity contribution is 7.94. The molecule has 6 nitrogen and oxygen atoms in total. The van der Waals surface area contributed by atoms with Crippen molar-refractivity contribution in [2.45, 2.75) is 4.21 Å². The van der Waals surface area contributed by atoms with Crippen LogP contribution in [0.4, 0.5) is 5.69 Å². The van der Waals surface area contributed by atoms with E-state index >= 15 is 0 Å². The van der Waals surface area contributed by atoms with Crippen LogP contribution in [0.2, 0.25) is 0 Å². The minimum Gasteiger partial charge on any atom is -0.495 e. The van der Waals surface area contributed by atoms with E-state index in [1.807, 2.05) is 12.1 Å². The number of rotatable bonds is 4. The number of ether oxygens (including phenoxy) is 1. The third kappa shape index (κ3) is 2.97. The van der Waals surface area contributed by atoms with Crippen molar-refractivity contribution in [3.05, 3.63) is 40.8 Å². The third-order valence-corrected chi connectivity index (χ3v) is 5.39. The Kier molecular flexibility index (Phi) is 4.13. The molecule has 0 aliphatic carbocycles. The van der Waals surface area contributed by atoms with Crippen molar-refractivity contribution in [2.75, 3.05) is 11.8 Å². The minimum absolute atomic E-state index is 0.00570. The second-order valence-corrected chi connectivity index (χ2v) is 6.82. The first-order valence-electron chi connectivity index (χ1n) is 5.61. The lowest BCUT2D eigenvalue weighted by Gasteiger charge is -2.12. The number of sulfonamides is 1. The van der Waals surface area contributed by atoms with Crippen LogP contribution in [0.15, 0.2) is 34.5 Å². The number of nitrogens with zero attached hydrogens (tertiary/aromatic N) is 2. The SMILES string of the molecule is COc1cccc(C#N)c1NS(=O)(=O)c1ccc(C#N)s1. The van der Waals surface area contributed by atoms with Gasteiger partial charge in [0.05, 0.1) is 12.7 Å². The van der Waals surface area contributed by atoms with Crippen LogP contribution in [-0.2, 0) is 10.0 Å². The molecule has 0 amide bonds. The number of para-hydroxylation sites is 1. The fourth-order valence-electron chi connectivity index (χ4n) is 1.61. The molecule has 2 aromatic rings. The quantitative estimate of drug-likeness (QED) is 0.931. The Balaban J connectivity index is 2.47. The van der Waals surface area contributed by atoms with E-state index in [-0.39, 0.29) is 26.1 Å². The van der Waals surface area contributed by atoms with Crippen LogP contribution in [0, 0.1) is 22.7 Å². The molecule has 0 aliphatic heterocycles. The topological polar surface area (TPSA) is 103 Å². The van der Waals surface area contributed by atoms with Gasteiger partial charge in [-0.3, -0.25) is 4.72 Å². The van der Waals surface area contributed by atoms with E-state index < -0.39 is 10.0 Å². The molecule has 1 heterocycles. The second kappa shape index (κ2) is 5.83. The molecule has 0 radical (unpaired) electrons. The van der Waals surface area contributed by atoms with Gasteiger partial charge in [-0.1, -0.05) is 6.07 Å². The molecule has 1 N–H and O–H groups in total. The number of methoxy groups -OCH3 is 1. The summed E-state index contributed by atoms with van der Waals surface area (Å²) >= 11 is 0.851. The molecule has 2 rings (SSSR count). The second-order valence-electron chi connectivity index (χ2n) is 3.83. The van der Waals surface area contributed by atoms with Crippen molar-refractivity contribution < 1.29 is 13.2 Å². The Labute approximate surface area is 125 Å². The van der Waals surface area contributed by atoms with Crippen LogP contribution in [0.5, 0.6) is 5.75 Å². The first-order valence-corrected chi connectivity index (χ1v) is 7.91. The highest BCUT2D eigenvalue weighted by Gasteiger charge is 2.21. The Morgan fingerprint density at radius 1 is 1.19 bits per heavy atom. The van der Waals surface area contributed by atoms with E-state index in [1.54, 1.807) is 12.1 Å². The van der Waals surface area contributed by atoms with Crippen molar-refractivity contribution in [3.8, 4) is 17.9 Å². The zero-order valence-electron chi connectivity index (χ0n) is 10.8. The normalized spacial score (nSPS) is 10.4. The predicted octanol–water partition coefficient (Wildman–Crippen LogP) is 2.30. The average Bonchev–Trinajstić information content (AvgIpc) is 2.97. The zero-order chi connectivity index (χ0) is 15.5. The van der Waals surface area contributed by atoms with E-state index in [2.05, 4.69) is 4.72 Å². The van der Waals surface area contributed by atoms with Gasteiger partial charge >= 0.3 is 0 Å². The number of hydrogen-bond acceptors (Lipinski definition) is 6. The summed E-state index contributed by atoms with van der Waals surface area (Å²) in [5.74, 6) is 0.245. The largest absolute Gasteiger partial charge is 0.495 e. The number of nitriles is 2. The van der Waals surface area contributed by atoms with Crippen molar-refractivity contribution in [1.82, 2.24) is 0 Å². The minimum atomic E-state index is -3.88. The van der Waals surface area contributed by atoms with Gasteiger partial charge in [-0.25, -0.2) is 8.42 Å². The van der Waals surface area contributed by atoms with Crippen LogP contribution in [0.25, 0.3) is 0 Å². The number of nitrogens with one attached hydrogen (secondary N) is 1. The van der Waals surface area contributed by atoms with Gasteiger partial charge in [-0.2, -0.15) is 10.5 Å². The summed E-state index contributed by atoms with van der Waals surface area (Å²) in [6.45, 7) is 0. The Hall–Kier alpha value is -2.55. The molecule has 1 aromatic carbocycles. The van der Waals surface area contributed by atoms with E-state index in [4.69, 9.17) is 15.3 Å². The predicted molar refractivity (Wildman–Crippen MR) is 77.6 cm³/mol. The molecule has 0 saturated carbocycles. The molecular formula is C13H9N3O3S2. The smallest absolute Gasteiger partial charge is 0.271 e. The summed E-state index contributed by atoms with van der Waals surface area (Å²) in [4.78, 5) is 0.288. The van der Waals surface area contributed by atoms with Crippen LogP contribution < -0.4 is 9.46 Å².